The van der Waals surface area contributed by atoms with E-state index in [4.69, 9.17) is 4.74 Å². The van der Waals surface area contributed by atoms with E-state index in [9.17, 15) is 14.4 Å². The molecule has 3 aromatic rings. The maximum absolute atomic E-state index is 12.8. The van der Waals surface area contributed by atoms with Crippen molar-refractivity contribution in [2.75, 3.05) is 6.61 Å². The van der Waals surface area contributed by atoms with Gasteiger partial charge >= 0.3 is 11.7 Å². The summed E-state index contributed by atoms with van der Waals surface area (Å²) in [5.41, 5.74) is 0.0104. The quantitative estimate of drug-likeness (QED) is 0.652. The third-order valence-corrected chi connectivity index (χ3v) is 3.77. The molecule has 1 aromatic carbocycles. The zero-order valence-electron chi connectivity index (χ0n) is 13.7. The third kappa shape index (κ3) is 3.35. The third-order valence-electron chi connectivity index (χ3n) is 3.77. The van der Waals surface area contributed by atoms with E-state index in [1.807, 2.05) is 0 Å². The Morgan fingerprint density at radius 3 is 2.56 bits per heavy atom. The van der Waals surface area contributed by atoms with Crippen LogP contribution in [0.2, 0.25) is 0 Å². The van der Waals surface area contributed by atoms with Crippen molar-refractivity contribution in [3.63, 3.8) is 0 Å². The van der Waals surface area contributed by atoms with Gasteiger partial charge < -0.3 is 4.74 Å². The number of para-hydroxylation sites is 1. The van der Waals surface area contributed by atoms with Crippen molar-refractivity contribution in [1.82, 2.24) is 14.1 Å². The lowest BCUT2D eigenvalue weighted by molar-refractivity contribution is -0.143. The van der Waals surface area contributed by atoms with E-state index in [1.165, 1.54) is 4.57 Å². The predicted molar refractivity (Wildman–Crippen MR) is 92.4 cm³/mol. The van der Waals surface area contributed by atoms with Gasteiger partial charge in [0.15, 0.2) is 0 Å². The first kappa shape index (κ1) is 16.6. The molecular weight excluding hydrogens is 322 g/mol. The number of nitrogens with zero attached hydrogens (tertiary/aromatic N) is 3. The van der Waals surface area contributed by atoms with E-state index in [1.54, 1.807) is 55.6 Å². The van der Waals surface area contributed by atoms with Crippen LogP contribution in [0.1, 0.15) is 12.6 Å². The minimum Gasteiger partial charge on any atom is -0.465 e. The molecule has 2 heterocycles. The number of pyridine rings is 1. The lowest BCUT2D eigenvalue weighted by atomic mass is 10.2. The van der Waals surface area contributed by atoms with Crippen molar-refractivity contribution < 1.29 is 9.53 Å². The summed E-state index contributed by atoms with van der Waals surface area (Å²) < 4.78 is 7.29. The minimum atomic E-state index is -0.567. The van der Waals surface area contributed by atoms with Gasteiger partial charge in [0.2, 0.25) is 0 Å². The maximum atomic E-state index is 12.8. The summed E-state index contributed by atoms with van der Waals surface area (Å²) in [5, 5.41) is 0.363. The Balaban J connectivity index is 2.19. The van der Waals surface area contributed by atoms with Gasteiger partial charge in [-0.25, -0.2) is 4.79 Å². The van der Waals surface area contributed by atoms with Gasteiger partial charge in [-0.2, -0.15) is 0 Å². The maximum Gasteiger partial charge on any atom is 0.332 e. The second kappa shape index (κ2) is 7.12. The molecule has 0 N–H and O–H groups in total. The largest absolute Gasteiger partial charge is 0.465 e. The standard InChI is InChI=1S/C18H17N3O4/c1-2-25-16(22)12-20-15-9-4-3-8-14(15)17(23)21(18(20)24)11-13-7-5-6-10-19-13/h3-10H,2,11-12H2,1H3. The number of aromatic nitrogens is 3. The smallest absolute Gasteiger partial charge is 0.332 e. The Bertz CT molecular complexity index is 1020. The summed E-state index contributed by atoms with van der Waals surface area (Å²) in [6, 6.07) is 12.0. The Kier molecular flexibility index (Phi) is 4.74. The van der Waals surface area contributed by atoms with Crippen molar-refractivity contribution in [3.8, 4) is 0 Å². The van der Waals surface area contributed by atoms with Crippen LogP contribution in [-0.4, -0.2) is 26.7 Å². The van der Waals surface area contributed by atoms with Gasteiger partial charge in [0.1, 0.15) is 6.54 Å². The second-order valence-electron chi connectivity index (χ2n) is 5.40. The van der Waals surface area contributed by atoms with E-state index < -0.39 is 17.2 Å². The number of hydrogen-bond acceptors (Lipinski definition) is 5. The number of carbonyl (C=O) groups is 1. The number of esters is 1. The van der Waals surface area contributed by atoms with Crippen LogP contribution in [0.5, 0.6) is 0 Å². The monoisotopic (exact) mass is 339 g/mol. The molecule has 25 heavy (non-hydrogen) atoms. The van der Waals surface area contributed by atoms with Crippen LogP contribution in [0, 0.1) is 0 Å². The van der Waals surface area contributed by atoms with E-state index in [0.717, 1.165) is 4.57 Å². The number of fused-ring (bicyclic) bond motifs is 1. The van der Waals surface area contributed by atoms with E-state index in [-0.39, 0.29) is 19.7 Å². The minimum absolute atomic E-state index is 0.0339. The zero-order valence-corrected chi connectivity index (χ0v) is 13.7. The van der Waals surface area contributed by atoms with Crippen molar-refractivity contribution in [1.29, 1.82) is 0 Å². The molecule has 0 atom stereocenters. The first-order chi connectivity index (χ1) is 12.1. The summed E-state index contributed by atoms with van der Waals surface area (Å²) in [6.45, 7) is 1.70. The Morgan fingerprint density at radius 2 is 1.84 bits per heavy atom. The van der Waals surface area contributed by atoms with E-state index >= 15 is 0 Å². The molecule has 128 valence electrons. The Morgan fingerprint density at radius 1 is 1.08 bits per heavy atom. The second-order valence-corrected chi connectivity index (χ2v) is 5.40. The first-order valence-electron chi connectivity index (χ1n) is 7.89. The molecule has 0 aliphatic rings. The number of benzene rings is 1. The SMILES string of the molecule is CCOC(=O)Cn1c(=O)n(Cc2ccccn2)c(=O)c2ccccc21. The van der Waals surface area contributed by atoms with Crippen LogP contribution in [0.15, 0.2) is 58.3 Å². The molecule has 0 spiro atoms. The average Bonchev–Trinajstić information content (AvgIpc) is 2.63. The Hall–Kier alpha value is -3.22. The highest BCUT2D eigenvalue weighted by Crippen LogP contribution is 2.08. The van der Waals surface area contributed by atoms with Crippen LogP contribution < -0.4 is 11.2 Å². The molecule has 0 saturated heterocycles. The molecule has 0 aliphatic heterocycles. The average molecular weight is 339 g/mol. The van der Waals surface area contributed by atoms with Crippen molar-refractivity contribution in [2.45, 2.75) is 20.0 Å². The molecule has 0 amide bonds. The summed E-state index contributed by atoms with van der Waals surface area (Å²) in [4.78, 5) is 41.6. The zero-order chi connectivity index (χ0) is 17.8. The van der Waals surface area contributed by atoms with Crippen LogP contribution in [0.4, 0.5) is 0 Å². The number of rotatable bonds is 5. The lowest BCUT2D eigenvalue weighted by Gasteiger charge is -2.13. The number of carbonyl (C=O) groups excluding carboxylic acids is 1. The molecule has 0 bridgehead atoms. The van der Waals surface area contributed by atoms with Gasteiger partial charge in [0.05, 0.1) is 29.7 Å². The molecule has 0 fully saturated rings. The lowest BCUT2D eigenvalue weighted by Crippen LogP contribution is -2.41. The molecule has 0 unspecified atom stereocenters. The van der Waals surface area contributed by atoms with Gasteiger partial charge in [-0.1, -0.05) is 18.2 Å². The van der Waals surface area contributed by atoms with Crippen molar-refractivity contribution >= 4 is 16.9 Å². The fourth-order valence-corrected chi connectivity index (χ4v) is 2.65. The first-order valence-corrected chi connectivity index (χ1v) is 7.89. The summed E-state index contributed by atoms with van der Waals surface area (Å²) >= 11 is 0. The van der Waals surface area contributed by atoms with Gasteiger partial charge in [-0.05, 0) is 31.2 Å². The van der Waals surface area contributed by atoms with Crippen LogP contribution in [0.3, 0.4) is 0 Å². The molecule has 3 rings (SSSR count). The molecular formula is C18H17N3O4. The predicted octanol–water partition coefficient (Wildman–Crippen LogP) is 1.17. The normalized spacial score (nSPS) is 10.8. The number of ether oxygens (including phenoxy) is 1. The molecule has 2 aromatic heterocycles. The highest BCUT2D eigenvalue weighted by molar-refractivity contribution is 5.80. The molecule has 0 saturated carbocycles. The van der Waals surface area contributed by atoms with Gasteiger partial charge in [0, 0.05) is 6.20 Å². The summed E-state index contributed by atoms with van der Waals surface area (Å²) in [7, 11) is 0. The van der Waals surface area contributed by atoms with Gasteiger partial charge in [-0.3, -0.25) is 23.7 Å². The summed E-state index contributed by atoms with van der Waals surface area (Å²) in [5.74, 6) is -0.530. The highest BCUT2D eigenvalue weighted by Gasteiger charge is 2.16. The fraction of sp³-hybridized carbons (Fsp3) is 0.222. The van der Waals surface area contributed by atoms with Crippen LogP contribution in [0.25, 0.3) is 10.9 Å². The topological polar surface area (TPSA) is 83.2 Å². The van der Waals surface area contributed by atoms with Gasteiger partial charge in [0.25, 0.3) is 5.56 Å². The van der Waals surface area contributed by atoms with Crippen LogP contribution >= 0.6 is 0 Å². The molecule has 0 aliphatic carbocycles. The molecule has 0 radical (unpaired) electrons. The highest BCUT2D eigenvalue weighted by atomic mass is 16.5. The van der Waals surface area contributed by atoms with E-state index in [0.29, 0.717) is 16.6 Å². The van der Waals surface area contributed by atoms with Crippen molar-refractivity contribution in [3.05, 3.63) is 75.2 Å². The molecule has 7 heteroatoms. The van der Waals surface area contributed by atoms with E-state index in [2.05, 4.69) is 4.98 Å². The Labute approximate surface area is 143 Å². The van der Waals surface area contributed by atoms with Gasteiger partial charge in [-0.15, -0.1) is 0 Å². The fourth-order valence-electron chi connectivity index (χ4n) is 2.65. The van der Waals surface area contributed by atoms with Crippen molar-refractivity contribution in [2.24, 2.45) is 0 Å². The number of hydrogen-bond donors (Lipinski definition) is 0. The summed E-state index contributed by atoms with van der Waals surface area (Å²) in [6.07, 6.45) is 1.60. The molecule has 7 nitrogen and oxygen atoms in total. The van der Waals surface area contributed by atoms with Crippen LogP contribution in [-0.2, 0) is 22.6 Å².